The number of carbonyl (C=O) groups excluding carboxylic acids is 2. The van der Waals surface area contributed by atoms with Gasteiger partial charge in [-0.05, 0) is 42.5 Å². The molecule has 8 nitrogen and oxygen atoms in total. The number of nitrogens with zero attached hydrogens (tertiary/aromatic N) is 3. The summed E-state index contributed by atoms with van der Waals surface area (Å²) in [5.41, 5.74) is 9.42. The number of hydrogen-bond donors (Lipinski definition) is 2. The van der Waals surface area contributed by atoms with E-state index in [1.165, 1.54) is 24.1 Å². The van der Waals surface area contributed by atoms with Gasteiger partial charge >= 0.3 is 6.18 Å². The van der Waals surface area contributed by atoms with Crippen molar-refractivity contribution in [2.24, 2.45) is 16.5 Å². The van der Waals surface area contributed by atoms with Crippen LogP contribution in [0.3, 0.4) is 0 Å². The van der Waals surface area contributed by atoms with Crippen LogP contribution in [0.2, 0.25) is 0 Å². The molecule has 0 spiro atoms. The van der Waals surface area contributed by atoms with Crippen molar-refractivity contribution >= 4 is 35.9 Å². The van der Waals surface area contributed by atoms with E-state index in [0.29, 0.717) is 11.3 Å². The van der Waals surface area contributed by atoms with Crippen molar-refractivity contribution in [3.63, 3.8) is 0 Å². The number of aliphatic imine (C=N–C) groups is 1. The van der Waals surface area contributed by atoms with E-state index >= 15 is 0 Å². The number of rotatable bonds is 4. The van der Waals surface area contributed by atoms with Gasteiger partial charge in [-0.1, -0.05) is 0 Å². The molecule has 1 fully saturated rings. The van der Waals surface area contributed by atoms with Crippen molar-refractivity contribution in [2.45, 2.75) is 6.18 Å². The highest BCUT2D eigenvalue weighted by Gasteiger charge is 2.36. The second kappa shape index (κ2) is 10.4. The van der Waals surface area contributed by atoms with Gasteiger partial charge in [0.25, 0.3) is 11.8 Å². The minimum absolute atomic E-state index is 0. The second-order valence-corrected chi connectivity index (χ2v) is 7.08. The van der Waals surface area contributed by atoms with Crippen molar-refractivity contribution in [3.8, 4) is 5.75 Å². The summed E-state index contributed by atoms with van der Waals surface area (Å²) in [4.78, 5) is 31.0. The fourth-order valence-corrected chi connectivity index (χ4v) is 3.42. The molecule has 4 N–H and O–H groups in total. The molecule has 0 aromatic heterocycles. The van der Waals surface area contributed by atoms with E-state index in [-0.39, 0.29) is 55.7 Å². The van der Waals surface area contributed by atoms with E-state index in [9.17, 15) is 22.8 Å². The molecular formula is C21H23ClF3N5O3. The van der Waals surface area contributed by atoms with E-state index in [0.717, 1.165) is 6.07 Å². The zero-order valence-corrected chi connectivity index (χ0v) is 18.4. The van der Waals surface area contributed by atoms with Gasteiger partial charge in [-0.25, -0.2) is 0 Å². The summed E-state index contributed by atoms with van der Waals surface area (Å²) in [5.74, 6) is -1.09. The molecule has 1 heterocycles. The third kappa shape index (κ3) is 6.07. The highest BCUT2D eigenvalue weighted by molar-refractivity contribution is 6.02. The highest BCUT2D eigenvalue weighted by Crippen LogP contribution is 2.38. The third-order valence-electron chi connectivity index (χ3n) is 5.02. The number of piperazine rings is 1. The van der Waals surface area contributed by atoms with Gasteiger partial charge in [-0.3, -0.25) is 9.59 Å². The Hall–Kier alpha value is -3.47. The van der Waals surface area contributed by atoms with Crippen molar-refractivity contribution in [3.05, 3.63) is 59.2 Å². The van der Waals surface area contributed by atoms with Gasteiger partial charge in [0.1, 0.15) is 5.75 Å². The largest absolute Gasteiger partial charge is 0.497 e. The van der Waals surface area contributed by atoms with Crippen molar-refractivity contribution in [1.29, 1.82) is 0 Å². The summed E-state index contributed by atoms with van der Waals surface area (Å²) in [7, 11) is 1.52. The van der Waals surface area contributed by atoms with E-state index in [4.69, 9.17) is 16.2 Å². The van der Waals surface area contributed by atoms with Gasteiger partial charge in [0.2, 0.25) is 0 Å². The quantitative estimate of drug-likeness (QED) is 0.508. The average Bonchev–Trinajstić information content (AvgIpc) is 2.77. The van der Waals surface area contributed by atoms with Crippen LogP contribution in [-0.4, -0.2) is 56.0 Å². The van der Waals surface area contributed by atoms with Crippen LogP contribution in [0.4, 0.5) is 18.9 Å². The predicted octanol–water partition coefficient (Wildman–Crippen LogP) is 2.51. The first-order chi connectivity index (χ1) is 15.1. The van der Waals surface area contributed by atoms with Crippen molar-refractivity contribution < 1.29 is 27.5 Å². The molecule has 2 amide bonds. The molecule has 2 aromatic rings. The molecule has 1 aliphatic heterocycles. The van der Waals surface area contributed by atoms with Gasteiger partial charge in [0.15, 0.2) is 5.96 Å². The molecule has 0 saturated carbocycles. The number of methoxy groups -OCH3 is 1. The molecule has 2 aromatic carbocycles. The normalized spacial score (nSPS) is 13.7. The minimum atomic E-state index is -4.69. The lowest BCUT2D eigenvalue weighted by molar-refractivity contribution is -0.137. The lowest BCUT2D eigenvalue weighted by atomic mass is 10.1. The molecule has 0 atom stereocenters. The number of guanidine groups is 1. The number of anilines is 1. The van der Waals surface area contributed by atoms with Gasteiger partial charge < -0.3 is 26.0 Å². The smallest absolute Gasteiger partial charge is 0.418 e. The number of benzene rings is 2. The summed E-state index contributed by atoms with van der Waals surface area (Å²) >= 11 is 0. The first-order valence-electron chi connectivity index (χ1n) is 9.63. The minimum Gasteiger partial charge on any atom is -0.497 e. The van der Waals surface area contributed by atoms with E-state index in [1.54, 1.807) is 29.2 Å². The SMILES string of the molecule is COc1ccc(C(=O)N2CCN(c3ccc(C(=O)N=C(N)N)cc3C(F)(F)F)CC2)cc1.Cl. The molecule has 12 heteroatoms. The Morgan fingerprint density at radius 3 is 2.06 bits per heavy atom. The Morgan fingerprint density at radius 1 is 0.970 bits per heavy atom. The molecule has 3 rings (SSSR count). The van der Waals surface area contributed by atoms with Gasteiger partial charge in [0.05, 0.1) is 12.7 Å². The zero-order chi connectivity index (χ0) is 23.5. The number of halogens is 4. The standard InChI is InChI=1S/C21H22F3N5O3.ClH/c1-32-15-5-2-13(3-6-15)19(31)29-10-8-28(9-11-29)17-7-4-14(18(30)27-20(25)26)12-16(17)21(22,23)24;/h2-7,12H,8-11H2,1H3,(H4,25,26,27,30);1H. The zero-order valence-electron chi connectivity index (χ0n) is 17.6. The van der Waals surface area contributed by atoms with Gasteiger partial charge in [-0.15, -0.1) is 12.4 Å². The van der Waals surface area contributed by atoms with Gasteiger partial charge in [0, 0.05) is 43.0 Å². The van der Waals surface area contributed by atoms with Crippen LogP contribution in [0.1, 0.15) is 26.3 Å². The predicted molar refractivity (Wildman–Crippen MR) is 120 cm³/mol. The van der Waals surface area contributed by atoms with Crippen molar-refractivity contribution in [1.82, 2.24) is 4.90 Å². The lowest BCUT2D eigenvalue weighted by Gasteiger charge is -2.37. The van der Waals surface area contributed by atoms with Crippen LogP contribution < -0.4 is 21.1 Å². The number of amides is 2. The molecule has 0 unspecified atom stereocenters. The lowest BCUT2D eigenvalue weighted by Crippen LogP contribution is -2.49. The van der Waals surface area contributed by atoms with Crippen LogP contribution in [0.25, 0.3) is 0 Å². The highest BCUT2D eigenvalue weighted by atomic mass is 35.5. The molecule has 1 saturated heterocycles. The first kappa shape index (κ1) is 25.8. The number of nitrogens with two attached hydrogens (primary N) is 2. The summed E-state index contributed by atoms with van der Waals surface area (Å²) in [6.45, 7) is 0.895. The van der Waals surface area contributed by atoms with Crippen LogP contribution in [0.5, 0.6) is 5.75 Å². The molecule has 178 valence electrons. The summed E-state index contributed by atoms with van der Waals surface area (Å²) in [6.07, 6.45) is -4.69. The number of hydrogen-bond acceptors (Lipinski definition) is 4. The summed E-state index contributed by atoms with van der Waals surface area (Å²) in [6, 6.07) is 9.82. The Morgan fingerprint density at radius 2 is 1.55 bits per heavy atom. The van der Waals surface area contributed by atoms with Crippen LogP contribution >= 0.6 is 12.4 Å². The summed E-state index contributed by atoms with van der Waals surface area (Å²) in [5, 5.41) is 0. The molecule has 1 aliphatic rings. The molecule has 33 heavy (non-hydrogen) atoms. The van der Waals surface area contributed by atoms with E-state index in [1.807, 2.05) is 0 Å². The van der Waals surface area contributed by atoms with Crippen LogP contribution in [-0.2, 0) is 6.18 Å². The van der Waals surface area contributed by atoms with Crippen molar-refractivity contribution in [2.75, 3.05) is 38.2 Å². The Balaban J connectivity index is 0.00000385. The number of alkyl halides is 3. The Bertz CT molecular complexity index is 1030. The van der Waals surface area contributed by atoms with Crippen LogP contribution in [0, 0.1) is 0 Å². The maximum Gasteiger partial charge on any atom is 0.418 e. The number of carbonyl (C=O) groups is 2. The maximum absolute atomic E-state index is 13.7. The second-order valence-electron chi connectivity index (χ2n) is 7.08. The first-order valence-corrected chi connectivity index (χ1v) is 9.63. The average molecular weight is 486 g/mol. The fraction of sp³-hybridized carbons (Fsp3) is 0.286. The molecular weight excluding hydrogens is 463 g/mol. The Labute approximate surface area is 194 Å². The third-order valence-corrected chi connectivity index (χ3v) is 5.02. The van der Waals surface area contributed by atoms with E-state index in [2.05, 4.69) is 4.99 Å². The summed E-state index contributed by atoms with van der Waals surface area (Å²) < 4.78 is 46.2. The van der Waals surface area contributed by atoms with Gasteiger partial charge in [-0.2, -0.15) is 18.2 Å². The Kier molecular flexibility index (Phi) is 8.15. The van der Waals surface area contributed by atoms with E-state index < -0.39 is 23.6 Å². The maximum atomic E-state index is 13.7. The van der Waals surface area contributed by atoms with Crippen LogP contribution in [0.15, 0.2) is 47.5 Å². The monoisotopic (exact) mass is 485 g/mol. The fourth-order valence-electron chi connectivity index (χ4n) is 3.42. The molecule has 0 radical (unpaired) electrons. The number of ether oxygens (including phenoxy) is 1. The molecule has 0 bridgehead atoms. The molecule has 0 aliphatic carbocycles. The topological polar surface area (TPSA) is 114 Å².